The van der Waals surface area contributed by atoms with Crippen molar-refractivity contribution >= 4 is 5.97 Å². The van der Waals surface area contributed by atoms with Gasteiger partial charge in [0.2, 0.25) is 0 Å². The van der Waals surface area contributed by atoms with Crippen LogP contribution < -0.4 is 0 Å². The van der Waals surface area contributed by atoms with Crippen LogP contribution in [0.25, 0.3) is 10.4 Å². The monoisotopic (exact) mass is 555 g/mol. The fraction of sp³-hybridized carbons (Fsp3) is 0.906. The maximum atomic E-state index is 13.5. The molecule has 2 heterocycles. The van der Waals surface area contributed by atoms with Crippen LogP contribution in [0.1, 0.15) is 93.4 Å². The number of fused-ring (bicyclic) bond motifs is 7. The second-order valence-corrected chi connectivity index (χ2v) is 15.7. The summed E-state index contributed by atoms with van der Waals surface area (Å²) in [5, 5.41) is 15.0. The van der Waals surface area contributed by atoms with Crippen LogP contribution in [-0.4, -0.2) is 47.8 Å². The number of carbonyl (C=O) groups excluding carboxylic acids is 1. The number of azide groups is 1. The summed E-state index contributed by atoms with van der Waals surface area (Å²) in [6.45, 7) is 15.7. The SMILES string of the molecule is C[C@H]1CC[C@@]2(OC1)O[C@H]1C=C3[C@@H]4CC[C@H]5C[C@H](N=[N+]=[N-])[C@@H](O)C[C@]5(C)[C@H]4C[C@H](OC(=O)C(C)(C)C)[C@]3(C)[C@H]1[C@@H]2C. The van der Waals surface area contributed by atoms with Crippen LogP contribution in [0, 0.1) is 51.8 Å². The Bertz CT molecular complexity index is 1120. The van der Waals surface area contributed by atoms with E-state index < -0.39 is 17.3 Å². The van der Waals surface area contributed by atoms with Gasteiger partial charge in [-0.25, -0.2) is 0 Å². The van der Waals surface area contributed by atoms with E-state index in [1.165, 1.54) is 5.57 Å². The Morgan fingerprint density at radius 1 is 1.20 bits per heavy atom. The van der Waals surface area contributed by atoms with Crippen LogP contribution in [0.4, 0.5) is 0 Å². The van der Waals surface area contributed by atoms with Crippen LogP contribution in [0.15, 0.2) is 16.8 Å². The van der Waals surface area contributed by atoms with Crippen molar-refractivity contribution in [1.82, 2.24) is 0 Å². The fourth-order valence-electron chi connectivity index (χ4n) is 10.1. The molecule has 0 aromatic heterocycles. The van der Waals surface area contributed by atoms with Gasteiger partial charge in [-0.1, -0.05) is 44.5 Å². The van der Waals surface area contributed by atoms with Crippen LogP contribution in [-0.2, 0) is 19.0 Å². The quantitative estimate of drug-likeness (QED) is 0.136. The Morgan fingerprint density at radius 2 is 1.95 bits per heavy atom. The molecule has 8 nitrogen and oxygen atoms in total. The van der Waals surface area contributed by atoms with E-state index in [1.807, 2.05) is 20.8 Å². The van der Waals surface area contributed by atoms with Crippen molar-refractivity contribution in [1.29, 1.82) is 0 Å². The van der Waals surface area contributed by atoms with Crippen molar-refractivity contribution < 1.29 is 24.1 Å². The minimum absolute atomic E-state index is 0.0465. The second-order valence-electron chi connectivity index (χ2n) is 15.7. The molecule has 2 saturated heterocycles. The number of ether oxygens (including phenoxy) is 3. The first-order chi connectivity index (χ1) is 18.7. The van der Waals surface area contributed by atoms with Gasteiger partial charge in [0.15, 0.2) is 5.79 Å². The number of hydrogen-bond donors (Lipinski definition) is 1. The zero-order valence-electron chi connectivity index (χ0n) is 25.4. The minimum Gasteiger partial charge on any atom is -0.461 e. The zero-order chi connectivity index (χ0) is 28.8. The maximum absolute atomic E-state index is 13.5. The minimum atomic E-state index is -0.647. The molecule has 1 spiro atoms. The third-order valence-corrected chi connectivity index (χ3v) is 12.5. The largest absolute Gasteiger partial charge is 0.461 e. The van der Waals surface area contributed by atoms with Gasteiger partial charge in [0.25, 0.3) is 0 Å². The highest BCUT2D eigenvalue weighted by Crippen LogP contribution is 2.70. The second kappa shape index (κ2) is 9.45. The summed E-state index contributed by atoms with van der Waals surface area (Å²) in [6.07, 6.45) is 7.68. The summed E-state index contributed by atoms with van der Waals surface area (Å²) in [5.41, 5.74) is 9.44. The summed E-state index contributed by atoms with van der Waals surface area (Å²) in [5.74, 6) is 1.21. The first-order valence-electron chi connectivity index (χ1n) is 15.7. The van der Waals surface area contributed by atoms with Gasteiger partial charge in [-0.15, -0.1) is 0 Å². The van der Waals surface area contributed by atoms with Crippen molar-refractivity contribution in [2.75, 3.05) is 6.61 Å². The van der Waals surface area contributed by atoms with Crippen LogP contribution in [0.5, 0.6) is 0 Å². The molecule has 8 heteroatoms. The van der Waals surface area contributed by atoms with Gasteiger partial charge < -0.3 is 19.3 Å². The van der Waals surface area contributed by atoms with Gasteiger partial charge in [-0.2, -0.15) is 0 Å². The van der Waals surface area contributed by atoms with Crippen LogP contribution >= 0.6 is 0 Å². The highest BCUT2D eigenvalue weighted by atomic mass is 16.7. The van der Waals surface area contributed by atoms with Gasteiger partial charge in [0, 0.05) is 28.6 Å². The van der Waals surface area contributed by atoms with E-state index in [1.54, 1.807) is 0 Å². The Labute approximate surface area is 239 Å². The average Bonchev–Trinajstić information content (AvgIpc) is 3.32. The predicted octanol–water partition coefficient (Wildman–Crippen LogP) is 6.57. The van der Waals surface area contributed by atoms with Crippen molar-refractivity contribution in [3.63, 3.8) is 0 Å². The molecule has 2 aliphatic heterocycles. The summed E-state index contributed by atoms with van der Waals surface area (Å²) in [4.78, 5) is 16.5. The lowest BCUT2D eigenvalue weighted by Gasteiger charge is -2.62. The molecule has 13 atom stereocenters. The van der Waals surface area contributed by atoms with Crippen molar-refractivity contribution in [2.24, 2.45) is 56.9 Å². The van der Waals surface area contributed by atoms with Gasteiger partial charge in [-0.3, -0.25) is 4.79 Å². The Balaban J connectivity index is 1.38. The number of carbonyl (C=O) groups is 1. The van der Waals surface area contributed by atoms with Gasteiger partial charge in [0.05, 0.1) is 30.3 Å². The molecule has 0 aromatic carbocycles. The molecule has 6 rings (SSSR count). The molecule has 0 aromatic rings. The van der Waals surface area contributed by atoms with E-state index >= 15 is 0 Å². The summed E-state index contributed by atoms with van der Waals surface area (Å²) in [7, 11) is 0. The molecule has 6 aliphatic rings. The maximum Gasteiger partial charge on any atom is 0.311 e. The number of hydrogen-bond acceptors (Lipinski definition) is 6. The highest BCUT2D eigenvalue weighted by molar-refractivity contribution is 5.75. The van der Waals surface area contributed by atoms with Gasteiger partial charge in [0.1, 0.15) is 6.10 Å². The van der Waals surface area contributed by atoms with Crippen molar-refractivity contribution in [3.05, 3.63) is 22.1 Å². The van der Waals surface area contributed by atoms with E-state index in [-0.39, 0.29) is 52.8 Å². The molecule has 0 bridgehead atoms. The van der Waals surface area contributed by atoms with E-state index in [0.717, 1.165) is 45.1 Å². The first kappa shape index (κ1) is 28.5. The molecular weight excluding hydrogens is 506 g/mol. The van der Waals surface area contributed by atoms with Crippen LogP contribution in [0.3, 0.4) is 0 Å². The Kier molecular flexibility index (Phi) is 6.74. The smallest absolute Gasteiger partial charge is 0.311 e. The average molecular weight is 556 g/mol. The van der Waals surface area contributed by atoms with E-state index in [0.29, 0.717) is 24.2 Å². The normalized spacial score (nSPS) is 51.5. The molecule has 222 valence electrons. The molecule has 0 radical (unpaired) electrons. The molecule has 4 aliphatic carbocycles. The number of rotatable bonds is 2. The number of esters is 1. The lowest BCUT2D eigenvalue weighted by Crippen LogP contribution is -2.59. The number of nitrogens with zero attached hydrogens (tertiary/aromatic N) is 3. The number of aliphatic hydroxyl groups is 1. The lowest BCUT2D eigenvalue weighted by atomic mass is 9.44. The predicted molar refractivity (Wildman–Crippen MR) is 151 cm³/mol. The Morgan fingerprint density at radius 3 is 2.60 bits per heavy atom. The zero-order valence-corrected chi connectivity index (χ0v) is 25.4. The highest BCUT2D eigenvalue weighted by Gasteiger charge is 2.70. The fourth-order valence-corrected chi connectivity index (χ4v) is 10.1. The van der Waals surface area contributed by atoms with Crippen molar-refractivity contribution in [3.8, 4) is 0 Å². The number of aliphatic hydroxyl groups excluding tert-OH is 1. The molecular formula is C32H49N3O5. The summed E-state index contributed by atoms with van der Waals surface area (Å²) in [6, 6.07) is -0.364. The topological polar surface area (TPSA) is 114 Å². The Hall–Kier alpha value is -1.60. The molecule has 1 N–H and O–H groups in total. The molecule has 0 unspecified atom stereocenters. The third kappa shape index (κ3) is 4.03. The van der Waals surface area contributed by atoms with Crippen molar-refractivity contribution in [2.45, 2.75) is 124 Å². The van der Waals surface area contributed by atoms with E-state index in [4.69, 9.17) is 19.7 Å². The lowest BCUT2D eigenvalue weighted by molar-refractivity contribution is -0.265. The molecule has 5 fully saturated rings. The standard InChI is InChI=1S/C32H49N3O5/c1-17-10-11-32(38-16-17)18(2)27-25(40-32)13-22-20-9-8-19-12-23(34-35-33)24(36)15-30(19,6)21(20)14-26(31(22,27)7)39-28(37)29(3,4)5/h13,17-21,23-27,36H,8-12,14-16H2,1-7H3/t17-,18-,19-,20+,21-,23-,24-,25-,26-,27-,30-,31+,32+/m0/s1. The molecule has 3 saturated carbocycles. The van der Waals surface area contributed by atoms with Gasteiger partial charge >= 0.3 is 5.97 Å². The summed E-state index contributed by atoms with van der Waals surface area (Å²) >= 11 is 0. The van der Waals surface area contributed by atoms with Crippen LogP contribution in [0.2, 0.25) is 0 Å². The van der Waals surface area contributed by atoms with E-state index in [2.05, 4.69) is 43.8 Å². The molecule has 40 heavy (non-hydrogen) atoms. The van der Waals surface area contributed by atoms with E-state index in [9.17, 15) is 9.90 Å². The molecule has 0 amide bonds. The van der Waals surface area contributed by atoms with Gasteiger partial charge in [-0.05, 0) is 93.9 Å². The first-order valence-corrected chi connectivity index (χ1v) is 15.7. The third-order valence-electron chi connectivity index (χ3n) is 12.5. The summed E-state index contributed by atoms with van der Waals surface area (Å²) < 4.78 is 20.0.